The first-order valence-corrected chi connectivity index (χ1v) is 11.4. The van der Waals surface area contributed by atoms with Crippen LogP contribution in [-0.4, -0.2) is 33.2 Å². The van der Waals surface area contributed by atoms with Crippen molar-refractivity contribution in [1.29, 1.82) is 0 Å². The Morgan fingerprint density at radius 1 is 1.09 bits per heavy atom. The summed E-state index contributed by atoms with van der Waals surface area (Å²) in [6.07, 6.45) is 10.0. The number of hydrogen-bond donors (Lipinski definition) is 0. The molecule has 0 radical (unpaired) electrons. The normalized spacial score (nSPS) is 23.2. The molecule has 0 N–H and O–H groups in total. The lowest BCUT2D eigenvalue weighted by atomic mass is 9.69. The van der Waals surface area contributed by atoms with Gasteiger partial charge in [-0.1, -0.05) is 19.3 Å². The van der Waals surface area contributed by atoms with Gasteiger partial charge < -0.3 is 13.6 Å². The molecule has 6 heteroatoms. The molecule has 1 aliphatic carbocycles. The van der Waals surface area contributed by atoms with Crippen LogP contribution in [0.25, 0.3) is 0 Å². The summed E-state index contributed by atoms with van der Waals surface area (Å²) in [5, 5.41) is 0. The Bertz CT molecular complexity index is 411. The maximum absolute atomic E-state index is 11.4. The van der Waals surface area contributed by atoms with E-state index in [9.17, 15) is 9.59 Å². The third-order valence-electron chi connectivity index (χ3n) is 5.14. The predicted octanol–water partition coefficient (Wildman–Crippen LogP) is 3.70. The molecular formula is C17H30O5Si. The van der Waals surface area contributed by atoms with E-state index >= 15 is 0 Å². The monoisotopic (exact) mass is 342 g/mol. The first-order chi connectivity index (χ1) is 10.8. The Morgan fingerprint density at radius 2 is 1.65 bits per heavy atom. The van der Waals surface area contributed by atoms with E-state index in [1.54, 1.807) is 0 Å². The summed E-state index contributed by atoms with van der Waals surface area (Å²) in [6, 6.07) is 0.692. The Labute approximate surface area is 140 Å². The van der Waals surface area contributed by atoms with Crippen molar-refractivity contribution in [2.24, 2.45) is 5.41 Å². The molecule has 23 heavy (non-hydrogen) atoms. The van der Waals surface area contributed by atoms with E-state index in [0.717, 1.165) is 19.4 Å². The predicted molar refractivity (Wildman–Crippen MR) is 89.1 cm³/mol. The molecule has 2 fully saturated rings. The van der Waals surface area contributed by atoms with E-state index in [0.29, 0.717) is 17.6 Å². The maximum Gasteiger partial charge on any atom is 0.461 e. The van der Waals surface area contributed by atoms with Crippen molar-refractivity contribution in [2.75, 3.05) is 6.61 Å². The fourth-order valence-electron chi connectivity index (χ4n) is 3.85. The highest BCUT2D eigenvalue weighted by Crippen LogP contribution is 2.46. The number of carbonyl (C=O) groups is 2. The molecule has 1 saturated carbocycles. The highest BCUT2D eigenvalue weighted by atomic mass is 28.4. The summed E-state index contributed by atoms with van der Waals surface area (Å²) in [7, 11) is -2.78. The summed E-state index contributed by atoms with van der Waals surface area (Å²) >= 11 is 0. The fourth-order valence-corrected chi connectivity index (χ4v) is 6.30. The molecular weight excluding hydrogens is 312 g/mol. The Hall–Kier alpha value is -0.883. The van der Waals surface area contributed by atoms with Crippen LogP contribution in [0.5, 0.6) is 0 Å². The molecule has 1 unspecified atom stereocenters. The summed E-state index contributed by atoms with van der Waals surface area (Å²) < 4.78 is 16.3. The van der Waals surface area contributed by atoms with Crippen molar-refractivity contribution >= 4 is 20.5 Å². The molecule has 0 aromatic carbocycles. The molecule has 5 nitrogen and oxygen atoms in total. The van der Waals surface area contributed by atoms with Gasteiger partial charge in [0.05, 0.1) is 12.7 Å². The van der Waals surface area contributed by atoms with E-state index in [-0.39, 0.29) is 11.9 Å². The van der Waals surface area contributed by atoms with Gasteiger partial charge in [0.2, 0.25) is 0 Å². The number of epoxide rings is 1. The van der Waals surface area contributed by atoms with Gasteiger partial charge in [0.25, 0.3) is 11.9 Å². The second-order valence-electron chi connectivity index (χ2n) is 7.38. The molecule has 2 aliphatic rings. The van der Waals surface area contributed by atoms with Gasteiger partial charge in [0, 0.05) is 26.4 Å². The molecule has 0 amide bonds. The summed E-state index contributed by atoms with van der Waals surface area (Å²) in [5.41, 5.74) is 0.304. The van der Waals surface area contributed by atoms with Crippen LogP contribution in [0, 0.1) is 5.41 Å². The van der Waals surface area contributed by atoms with Crippen molar-refractivity contribution in [3.05, 3.63) is 0 Å². The topological polar surface area (TPSA) is 65.1 Å². The fraction of sp³-hybridized carbons (Fsp3) is 0.882. The third-order valence-corrected chi connectivity index (χ3v) is 7.74. The van der Waals surface area contributed by atoms with Crippen LogP contribution < -0.4 is 0 Å². The Balaban J connectivity index is 1.97. The second-order valence-corrected chi connectivity index (χ2v) is 10.6. The first-order valence-electron chi connectivity index (χ1n) is 8.83. The molecule has 132 valence electrons. The number of hydrogen-bond acceptors (Lipinski definition) is 5. The third kappa shape index (κ3) is 6.26. The minimum Gasteiger partial charge on any atom is -0.485 e. The Kier molecular flexibility index (Phi) is 6.25. The second kappa shape index (κ2) is 7.79. The summed E-state index contributed by atoms with van der Waals surface area (Å²) in [6.45, 7) is 5.50. The molecule has 1 saturated heterocycles. The minimum absolute atomic E-state index is 0.304. The van der Waals surface area contributed by atoms with E-state index < -0.39 is 8.56 Å². The van der Waals surface area contributed by atoms with Crippen LogP contribution in [0.2, 0.25) is 12.6 Å². The zero-order chi connectivity index (χ0) is 16.9. The molecule has 0 spiro atoms. The standard InChI is InChI=1S/C17H30O5Si/c1-14(18)21-23(3,22-15(2)19)12-11-17(8-5-4-6-9-17)10-7-16-13-20-16/h16H,4-13H2,1-3H3. The van der Waals surface area contributed by atoms with Gasteiger partial charge in [-0.3, -0.25) is 9.59 Å². The lowest BCUT2D eigenvalue weighted by Gasteiger charge is -2.39. The van der Waals surface area contributed by atoms with Gasteiger partial charge in [0.1, 0.15) is 0 Å². The van der Waals surface area contributed by atoms with Crippen LogP contribution in [-0.2, 0) is 23.2 Å². The van der Waals surface area contributed by atoms with Crippen LogP contribution in [0.4, 0.5) is 0 Å². The quantitative estimate of drug-likeness (QED) is 0.497. The Morgan fingerprint density at radius 3 is 2.13 bits per heavy atom. The lowest BCUT2D eigenvalue weighted by Crippen LogP contribution is -2.43. The van der Waals surface area contributed by atoms with Gasteiger partial charge in [-0.25, -0.2) is 0 Å². The number of carbonyl (C=O) groups excluding carboxylic acids is 2. The lowest BCUT2D eigenvalue weighted by molar-refractivity contribution is -0.138. The van der Waals surface area contributed by atoms with Crippen LogP contribution >= 0.6 is 0 Å². The van der Waals surface area contributed by atoms with Gasteiger partial charge >= 0.3 is 8.56 Å². The van der Waals surface area contributed by atoms with E-state index in [4.69, 9.17) is 13.6 Å². The van der Waals surface area contributed by atoms with Gasteiger partial charge in [-0.05, 0) is 37.5 Å². The van der Waals surface area contributed by atoms with Gasteiger partial charge in [-0.15, -0.1) is 0 Å². The van der Waals surface area contributed by atoms with Crippen LogP contribution in [0.1, 0.15) is 65.2 Å². The zero-order valence-corrected chi connectivity index (χ0v) is 15.7. The highest BCUT2D eigenvalue weighted by Gasteiger charge is 2.42. The number of ether oxygens (including phenoxy) is 1. The van der Waals surface area contributed by atoms with Gasteiger partial charge in [-0.2, -0.15) is 0 Å². The van der Waals surface area contributed by atoms with Crippen LogP contribution in [0.3, 0.4) is 0 Å². The smallest absolute Gasteiger partial charge is 0.461 e. The zero-order valence-electron chi connectivity index (χ0n) is 14.7. The van der Waals surface area contributed by atoms with Gasteiger partial charge in [0.15, 0.2) is 0 Å². The molecule has 2 rings (SSSR count). The molecule has 1 aliphatic heterocycles. The van der Waals surface area contributed by atoms with Crippen molar-refractivity contribution in [2.45, 2.75) is 83.9 Å². The summed E-state index contributed by atoms with van der Waals surface area (Å²) in [4.78, 5) is 22.8. The molecule has 0 aromatic rings. The average Bonchev–Trinajstić information content (AvgIpc) is 3.27. The highest BCUT2D eigenvalue weighted by molar-refractivity contribution is 6.69. The SMILES string of the molecule is CC(=O)O[Si](C)(CCC1(CCC2CO2)CCCCC1)OC(C)=O. The van der Waals surface area contributed by atoms with E-state index in [2.05, 4.69) is 0 Å². The largest absolute Gasteiger partial charge is 0.485 e. The summed E-state index contributed by atoms with van der Waals surface area (Å²) in [5.74, 6) is -0.714. The van der Waals surface area contributed by atoms with Crippen molar-refractivity contribution in [3.63, 3.8) is 0 Å². The van der Waals surface area contributed by atoms with Crippen LogP contribution in [0.15, 0.2) is 0 Å². The van der Waals surface area contributed by atoms with Crippen molar-refractivity contribution in [1.82, 2.24) is 0 Å². The molecule has 1 heterocycles. The molecule has 1 atom stereocenters. The molecule has 0 bridgehead atoms. The molecule has 0 aromatic heterocycles. The maximum atomic E-state index is 11.4. The van der Waals surface area contributed by atoms with E-state index in [1.165, 1.54) is 52.4 Å². The average molecular weight is 343 g/mol. The van der Waals surface area contributed by atoms with Crippen molar-refractivity contribution in [3.8, 4) is 0 Å². The number of rotatable bonds is 8. The van der Waals surface area contributed by atoms with Crippen molar-refractivity contribution < 1.29 is 23.2 Å². The first kappa shape index (κ1) is 18.5. The minimum atomic E-state index is -2.78. The van der Waals surface area contributed by atoms with E-state index in [1.807, 2.05) is 6.55 Å².